The summed E-state index contributed by atoms with van der Waals surface area (Å²) in [5.74, 6) is 2.27. The Labute approximate surface area is 126 Å². The molecule has 4 rings (SSSR count). The van der Waals surface area contributed by atoms with Gasteiger partial charge in [-0.05, 0) is 60.1 Å². The van der Waals surface area contributed by atoms with Crippen molar-refractivity contribution >= 4 is 6.08 Å². The highest BCUT2D eigenvalue weighted by atomic mass is 16.5. The monoisotopic (exact) mass is 288 g/mol. The van der Waals surface area contributed by atoms with E-state index in [1.165, 1.54) is 26.4 Å². The second-order valence-corrected chi connectivity index (χ2v) is 7.05. The van der Waals surface area contributed by atoms with E-state index in [0.29, 0.717) is 17.1 Å². The second-order valence-electron chi connectivity index (χ2n) is 7.05. The summed E-state index contributed by atoms with van der Waals surface area (Å²) in [6.07, 6.45) is 8.25. The molecule has 3 heteroatoms. The maximum absolute atomic E-state index is 9.73. The van der Waals surface area contributed by atoms with Crippen LogP contribution in [0.1, 0.15) is 38.7 Å². The first kappa shape index (κ1) is 14.3. The normalized spacial score (nSPS) is 30.1. The Morgan fingerprint density at radius 1 is 1.24 bits per heavy atom. The molecular weight excluding hydrogens is 264 g/mol. The summed E-state index contributed by atoms with van der Waals surface area (Å²) < 4.78 is 5.08. The Balaban J connectivity index is 1.79. The van der Waals surface area contributed by atoms with Crippen molar-refractivity contribution in [3.63, 3.8) is 0 Å². The Bertz CT molecular complexity index is 572. The highest BCUT2D eigenvalue weighted by molar-refractivity contribution is 5.61. The van der Waals surface area contributed by atoms with Crippen LogP contribution in [0.2, 0.25) is 0 Å². The van der Waals surface area contributed by atoms with E-state index < -0.39 is 0 Å². The molecule has 1 unspecified atom stereocenters. The Morgan fingerprint density at radius 3 is 2.62 bits per heavy atom. The van der Waals surface area contributed by atoms with Crippen molar-refractivity contribution in [1.82, 2.24) is 0 Å². The summed E-state index contributed by atoms with van der Waals surface area (Å²) in [4.78, 5) is 0. The molecule has 3 aliphatic carbocycles. The smallest absolute Gasteiger partial charge is 0.200 e. The minimum atomic E-state index is -0.199. The zero-order valence-corrected chi connectivity index (χ0v) is 13.0. The molecule has 21 heavy (non-hydrogen) atoms. The van der Waals surface area contributed by atoms with Gasteiger partial charge in [0.1, 0.15) is 0 Å². The summed E-state index contributed by atoms with van der Waals surface area (Å²) in [7, 11) is 1.49. The fourth-order valence-electron chi connectivity index (χ4n) is 4.20. The van der Waals surface area contributed by atoms with Crippen molar-refractivity contribution in [3.05, 3.63) is 23.8 Å². The number of methoxy groups -OCH3 is 1. The zero-order chi connectivity index (χ0) is 15.2. The van der Waals surface area contributed by atoms with Crippen LogP contribution in [-0.4, -0.2) is 17.3 Å². The van der Waals surface area contributed by atoms with Crippen LogP contribution < -0.4 is 4.74 Å². The molecule has 3 atom stereocenters. The lowest BCUT2D eigenvalue weighted by Crippen LogP contribution is -2.51. The molecular formula is C18H24O3. The van der Waals surface area contributed by atoms with Crippen LogP contribution in [0.25, 0.3) is 6.08 Å². The van der Waals surface area contributed by atoms with E-state index in [1.54, 1.807) is 12.1 Å². The summed E-state index contributed by atoms with van der Waals surface area (Å²) >= 11 is 0. The summed E-state index contributed by atoms with van der Waals surface area (Å²) in [5.41, 5.74) is 1.34. The highest BCUT2D eigenvalue weighted by Gasteiger charge is 2.53. The van der Waals surface area contributed by atoms with Gasteiger partial charge in [-0.1, -0.05) is 26.0 Å². The Hall–Kier alpha value is -1.64. The van der Waals surface area contributed by atoms with Crippen molar-refractivity contribution in [2.24, 2.45) is 23.2 Å². The van der Waals surface area contributed by atoms with Crippen molar-refractivity contribution in [2.45, 2.75) is 33.1 Å². The van der Waals surface area contributed by atoms with Crippen LogP contribution in [0.5, 0.6) is 17.2 Å². The molecule has 3 fully saturated rings. The molecule has 0 amide bonds. The quantitative estimate of drug-likeness (QED) is 0.820. The summed E-state index contributed by atoms with van der Waals surface area (Å²) in [5, 5.41) is 19.4. The summed E-state index contributed by atoms with van der Waals surface area (Å²) in [6, 6.07) is 3.33. The van der Waals surface area contributed by atoms with E-state index in [0.717, 1.165) is 17.4 Å². The highest BCUT2D eigenvalue weighted by Crippen LogP contribution is 2.61. The van der Waals surface area contributed by atoms with Gasteiger partial charge >= 0.3 is 0 Å². The number of fused-ring (bicyclic) bond motifs is 2. The number of hydrogen-bond acceptors (Lipinski definition) is 3. The molecule has 2 N–H and O–H groups in total. The average Bonchev–Trinajstić information content (AvgIpc) is 2.48. The number of ether oxygens (including phenoxy) is 1. The first-order valence-electron chi connectivity index (χ1n) is 7.71. The fourth-order valence-corrected chi connectivity index (χ4v) is 4.20. The molecule has 3 aliphatic rings. The molecule has 3 nitrogen and oxygen atoms in total. The molecule has 1 aromatic rings. The standard InChI is InChI=1S/C18H24O3/c1-18(2)13-7-6-12(14(18)10-13)5-4-11-8-15(19)17(20)16(9-11)21-3/h4-5,8-9,12-14,19-20H,6-7,10H2,1-3H3/t12?,13-,14+/m0/s1. The van der Waals surface area contributed by atoms with Crippen molar-refractivity contribution in [3.8, 4) is 17.2 Å². The molecule has 0 spiro atoms. The van der Waals surface area contributed by atoms with Gasteiger partial charge in [-0.25, -0.2) is 0 Å². The summed E-state index contributed by atoms with van der Waals surface area (Å²) in [6.45, 7) is 4.78. The van der Waals surface area contributed by atoms with Gasteiger partial charge in [0.25, 0.3) is 0 Å². The van der Waals surface area contributed by atoms with Gasteiger partial charge in [0.15, 0.2) is 11.5 Å². The third-order valence-electron chi connectivity index (χ3n) is 5.74. The van der Waals surface area contributed by atoms with Crippen LogP contribution in [0, 0.1) is 23.2 Å². The maximum Gasteiger partial charge on any atom is 0.200 e. The van der Waals surface area contributed by atoms with E-state index in [-0.39, 0.29) is 11.5 Å². The van der Waals surface area contributed by atoms with Gasteiger partial charge in [-0.2, -0.15) is 0 Å². The number of aromatic hydroxyl groups is 2. The number of hydrogen-bond donors (Lipinski definition) is 2. The Morgan fingerprint density at radius 2 is 2.00 bits per heavy atom. The second kappa shape index (κ2) is 4.97. The van der Waals surface area contributed by atoms with Gasteiger partial charge in [-0.3, -0.25) is 0 Å². The molecule has 0 radical (unpaired) electrons. The lowest BCUT2D eigenvalue weighted by molar-refractivity contribution is -0.0902. The van der Waals surface area contributed by atoms with Gasteiger partial charge < -0.3 is 14.9 Å². The van der Waals surface area contributed by atoms with E-state index in [2.05, 4.69) is 19.9 Å². The molecule has 114 valence electrons. The minimum Gasteiger partial charge on any atom is -0.504 e. The molecule has 0 aliphatic heterocycles. The first-order chi connectivity index (χ1) is 9.93. The number of benzene rings is 1. The minimum absolute atomic E-state index is 0.137. The predicted molar refractivity (Wildman–Crippen MR) is 83.5 cm³/mol. The zero-order valence-electron chi connectivity index (χ0n) is 13.0. The average molecular weight is 288 g/mol. The van der Waals surface area contributed by atoms with Crippen LogP contribution in [0.15, 0.2) is 18.2 Å². The predicted octanol–water partition coefficient (Wildman–Crippen LogP) is 4.19. The van der Waals surface area contributed by atoms with Gasteiger partial charge in [0, 0.05) is 0 Å². The van der Waals surface area contributed by atoms with Gasteiger partial charge in [-0.15, -0.1) is 0 Å². The van der Waals surface area contributed by atoms with Crippen molar-refractivity contribution < 1.29 is 14.9 Å². The van der Waals surface area contributed by atoms with Gasteiger partial charge in [0.05, 0.1) is 7.11 Å². The maximum atomic E-state index is 9.73. The molecule has 2 bridgehead atoms. The lowest BCUT2D eigenvalue weighted by atomic mass is 9.45. The molecule has 0 heterocycles. The number of phenols is 2. The van der Waals surface area contributed by atoms with Crippen LogP contribution >= 0.6 is 0 Å². The Kier molecular flexibility index (Phi) is 3.39. The van der Waals surface area contributed by atoms with E-state index in [4.69, 9.17) is 4.74 Å². The molecule has 0 aromatic heterocycles. The molecule has 0 saturated heterocycles. The van der Waals surface area contributed by atoms with Crippen molar-refractivity contribution in [2.75, 3.05) is 7.11 Å². The number of allylic oxidation sites excluding steroid dienone is 1. The molecule has 1 aromatic carbocycles. The van der Waals surface area contributed by atoms with E-state index in [1.807, 2.05) is 6.08 Å². The lowest BCUT2D eigenvalue weighted by Gasteiger charge is -2.59. The third kappa shape index (κ3) is 2.29. The first-order valence-corrected chi connectivity index (χ1v) is 7.71. The van der Waals surface area contributed by atoms with Crippen LogP contribution in [-0.2, 0) is 0 Å². The van der Waals surface area contributed by atoms with Gasteiger partial charge in [0.2, 0.25) is 5.75 Å². The van der Waals surface area contributed by atoms with E-state index >= 15 is 0 Å². The number of rotatable bonds is 3. The fraction of sp³-hybridized carbons (Fsp3) is 0.556. The van der Waals surface area contributed by atoms with Crippen molar-refractivity contribution in [1.29, 1.82) is 0 Å². The van der Waals surface area contributed by atoms with Crippen LogP contribution in [0.3, 0.4) is 0 Å². The topological polar surface area (TPSA) is 49.7 Å². The SMILES string of the molecule is COc1cc(C=CC2CC[C@H]3C[C@H]2C3(C)C)cc(O)c1O. The van der Waals surface area contributed by atoms with E-state index in [9.17, 15) is 10.2 Å². The number of phenolic OH excluding ortho intramolecular Hbond substituents is 2. The molecule has 3 saturated carbocycles. The largest absolute Gasteiger partial charge is 0.504 e. The third-order valence-corrected chi connectivity index (χ3v) is 5.74. The van der Waals surface area contributed by atoms with Crippen LogP contribution in [0.4, 0.5) is 0 Å².